The Labute approximate surface area is 204 Å². The van der Waals surface area contributed by atoms with Crippen molar-refractivity contribution in [2.45, 2.75) is 32.9 Å². The van der Waals surface area contributed by atoms with Crippen LogP contribution in [-0.2, 0) is 4.79 Å². The van der Waals surface area contributed by atoms with Gasteiger partial charge in [-0.3, -0.25) is 9.59 Å². The van der Waals surface area contributed by atoms with Crippen molar-refractivity contribution in [2.24, 2.45) is 0 Å². The number of hydrogen-bond donors (Lipinski definition) is 3. The fourth-order valence-electron chi connectivity index (χ4n) is 4.95. The van der Waals surface area contributed by atoms with E-state index in [2.05, 4.69) is 29.5 Å². The molecule has 0 aliphatic carbocycles. The number of anilines is 1. The number of carbonyl (C=O) groups excluding carboxylic acids is 2. The minimum Gasteiger partial charge on any atom is -0.361 e. The highest BCUT2D eigenvalue weighted by atomic mass is 35.5. The third-order valence-electron chi connectivity index (χ3n) is 6.53. The smallest absolute Gasteiger partial charge is 0.256 e. The highest BCUT2D eigenvalue weighted by Crippen LogP contribution is 2.40. The Hall–Kier alpha value is -3.35. The van der Waals surface area contributed by atoms with Crippen molar-refractivity contribution < 1.29 is 9.59 Å². The Balaban J connectivity index is 1.52. The van der Waals surface area contributed by atoms with Gasteiger partial charge in [0.2, 0.25) is 0 Å². The number of rotatable bonds is 3. The van der Waals surface area contributed by atoms with Crippen molar-refractivity contribution in [1.82, 2.24) is 15.2 Å². The van der Waals surface area contributed by atoms with Crippen LogP contribution in [0.3, 0.4) is 0 Å². The lowest BCUT2D eigenvalue weighted by atomic mass is 9.94. The molecule has 1 saturated heterocycles. The predicted molar refractivity (Wildman–Crippen MR) is 137 cm³/mol. The van der Waals surface area contributed by atoms with Crippen molar-refractivity contribution in [2.75, 3.05) is 18.4 Å². The monoisotopic (exact) mass is 474 g/mol. The summed E-state index contributed by atoms with van der Waals surface area (Å²) in [7, 11) is 0. The van der Waals surface area contributed by atoms with Crippen molar-refractivity contribution >= 4 is 40.8 Å². The second kappa shape index (κ2) is 8.78. The fourth-order valence-corrected chi connectivity index (χ4v) is 5.07. The molecule has 2 atom stereocenters. The lowest BCUT2D eigenvalue weighted by Crippen LogP contribution is -2.55. The molecule has 3 aromatic rings. The normalized spacial score (nSPS) is 21.0. The van der Waals surface area contributed by atoms with E-state index in [0.29, 0.717) is 29.2 Å². The Morgan fingerprint density at radius 1 is 1.09 bits per heavy atom. The maximum absolute atomic E-state index is 13.3. The van der Waals surface area contributed by atoms with E-state index < -0.39 is 0 Å². The zero-order valence-electron chi connectivity index (χ0n) is 19.4. The van der Waals surface area contributed by atoms with E-state index in [4.69, 9.17) is 11.6 Å². The number of aromatic nitrogens is 1. The first kappa shape index (κ1) is 22.4. The van der Waals surface area contributed by atoms with Gasteiger partial charge >= 0.3 is 0 Å². The molecule has 1 fully saturated rings. The SMILES string of the molecule is Cc1c(C(=O)N2C[C@@H](C)N[C@H](C)C2)c[nH]c1C=C1C(=O)Nc2cccc(-c3ccc(Cl)cc3)c21. The molecule has 174 valence electrons. The number of amides is 2. The predicted octanol–water partition coefficient (Wildman–Crippen LogP) is 4.96. The van der Waals surface area contributed by atoms with Crippen LogP contribution in [0, 0.1) is 6.92 Å². The first-order valence-electron chi connectivity index (χ1n) is 11.5. The molecule has 7 heteroatoms. The van der Waals surface area contributed by atoms with Crippen LogP contribution in [0.1, 0.15) is 41.0 Å². The molecule has 0 radical (unpaired) electrons. The Bertz CT molecular complexity index is 1300. The van der Waals surface area contributed by atoms with Gasteiger partial charge < -0.3 is 20.5 Å². The number of nitrogens with one attached hydrogen (secondary N) is 3. The zero-order valence-corrected chi connectivity index (χ0v) is 20.2. The average molecular weight is 475 g/mol. The van der Waals surface area contributed by atoms with Gasteiger partial charge in [0, 0.05) is 53.3 Å². The van der Waals surface area contributed by atoms with E-state index in [1.807, 2.05) is 60.4 Å². The average Bonchev–Trinajstić information content (AvgIpc) is 3.32. The molecule has 1 aromatic heterocycles. The first-order valence-corrected chi connectivity index (χ1v) is 11.8. The lowest BCUT2D eigenvalue weighted by molar-refractivity contribution is -0.110. The number of fused-ring (bicyclic) bond motifs is 1. The Morgan fingerprint density at radius 3 is 2.50 bits per heavy atom. The van der Waals surface area contributed by atoms with Gasteiger partial charge in [0.25, 0.3) is 11.8 Å². The van der Waals surface area contributed by atoms with Crippen LogP contribution in [0.15, 0.2) is 48.7 Å². The third kappa shape index (κ3) is 4.04. The van der Waals surface area contributed by atoms with Gasteiger partial charge in [-0.25, -0.2) is 0 Å². The summed E-state index contributed by atoms with van der Waals surface area (Å²) in [6.07, 6.45) is 3.59. The molecule has 6 nitrogen and oxygen atoms in total. The van der Waals surface area contributed by atoms with Crippen LogP contribution < -0.4 is 10.6 Å². The van der Waals surface area contributed by atoms with E-state index in [9.17, 15) is 9.59 Å². The largest absolute Gasteiger partial charge is 0.361 e. The molecular weight excluding hydrogens is 448 g/mol. The van der Waals surface area contributed by atoms with E-state index in [-0.39, 0.29) is 23.9 Å². The molecule has 3 heterocycles. The summed E-state index contributed by atoms with van der Waals surface area (Å²) >= 11 is 6.08. The summed E-state index contributed by atoms with van der Waals surface area (Å²) in [5.74, 6) is -0.153. The van der Waals surface area contributed by atoms with E-state index in [1.165, 1.54) is 0 Å². The molecule has 2 aromatic carbocycles. The number of carbonyl (C=O) groups is 2. The minimum absolute atomic E-state index is 0.0109. The minimum atomic E-state index is -0.164. The van der Waals surface area contributed by atoms with Crippen molar-refractivity contribution in [3.8, 4) is 11.1 Å². The molecule has 3 N–H and O–H groups in total. The van der Waals surface area contributed by atoms with Crippen molar-refractivity contribution in [1.29, 1.82) is 0 Å². The first-order chi connectivity index (χ1) is 16.3. The zero-order chi connectivity index (χ0) is 24.0. The molecule has 0 saturated carbocycles. The summed E-state index contributed by atoms with van der Waals surface area (Å²) in [4.78, 5) is 31.3. The van der Waals surface area contributed by atoms with Crippen LogP contribution in [0.5, 0.6) is 0 Å². The summed E-state index contributed by atoms with van der Waals surface area (Å²) in [5, 5.41) is 7.09. The maximum Gasteiger partial charge on any atom is 0.256 e. The maximum atomic E-state index is 13.3. The van der Waals surface area contributed by atoms with Crippen molar-refractivity contribution in [3.05, 3.63) is 76.1 Å². The Kier molecular flexibility index (Phi) is 5.80. The lowest BCUT2D eigenvalue weighted by Gasteiger charge is -2.36. The number of nitrogens with zero attached hydrogens (tertiary/aromatic N) is 1. The summed E-state index contributed by atoms with van der Waals surface area (Å²) in [6, 6.07) is 13.9. The van der Waals surface area contributed by atoms with Gasteiger partial charge in [0.05, 0.1) is 11.1 Å². The Morgan fingerprint density at radius 2 is 1.79 bits per heavy atom. The highest BCUT2D eigenvalue weighted by Gasteiger charge is 2.30. The van der Waals surface area contributed by atoms with Gasteiger partial charge in [0.1, 0.15) is 0 Å². The molecule has 34 heavy (non-hydrogen) atoms. The van der Waals surface area contributed by atoms with Crippen LogP contribution in [0.2, 0.25) is 5.02 Å². The number of halogens is 1. The third-order valence-corrected chi connectivity index (χ3v) is 6.78. The van der Waals surface area contributed by atoms with E-state index in [0.717, 1.165) is 33.6 Å². The van der Waals surface area contributed by atoms with E-state index >= 15 is 0 Å². The number of aromatic amines is 1. The fraction of sp³-hybridized carbons (Fsp3) is 0.259. The topological polar surface area (TPSA) is 77.2 Å². The molecule has 2 amide bonds. The van der Waals surface area contributed by atoms with Crippen LogP contribution in [0.25, 0.3) is 22.8 Å². The number of H-pyrrole nitrogens is 1. The number of piperazine rings is 1. The quantitative estimate of drug-likeness (QED) is 0.469. The summed E-state index contributed by atoms with van der Waals surface area (Å²) in [6.45, 7) is 7.44. The second-order valence-electron chi connectivity index (χ2n) is 9.17. The molecule has 0 spiro atoms. The van der Waals surface area contributed by atoms with Crippen LogP contribution in [-0.4, -0.2) is 46.9 Å². The van der Waals surface area contributed by atoms with Crippen molar-refractivity contribution in [3.63, 3.8) is 0 Å². The number of benzene rings is 2. The second-order valence-corrected chi connectivity index (χ2v) is 9.60. The van der Waals surface area contributed by atoms with Crippen LogP contribution >= 0.6 is 11.6 Å². The molecular formula is C27H27ClN4O2. The summed E-state index contributed by atoms with van der Waals surface area (Å²) in [5.41, 5.74) is 6.33. The standard InChI is InChI=1S/C27H27ClN4O2/c1-15-13-32(14-16(2)30-15)27(34)22-12-29-24(17(22)3)11-21-25-20(18-7-9-19(28)10-8-18)5-4-6-23(25)31-26(21)33/h4-12,15-16,29-30H,13-14H2,1-3H3,(H,31,33)/t15-,16-/m1/s1. The van der Waals surface area contributed by atoms with Gasteiger partial charge in [-0.15, -0.1) is 0 Å². The highest BCUT2D eigenvalue weighted by molar-refractivity contribution is 6.36. The van der Waals surface area contributed by atoms with E-state index in [1.54, 1.807) is 6.20 Å². The molecule has 2 aliphatic rings. The molecule has 5 rings (SSSR count). The van der Waals surface area contributed by atoms with Crippen LogP contribution in [0.4, 0.5) is 5.69 Å². The molecule has 2 aliphatic heterocycles. The number of hydrogen-bond acceptors (Lipinski definition) is 3. The molecule has 0 bridgehead atoms. The summed E-state index contributed by atoms with van der Waals surface area (Å²) < 4.78 is 0. The molecule has 0 unspecified atom stereocenters. The van der Waals surface area contributed by atoms with Gasteiger partial charge in [-0.1, -0.05) is 35.9 Å². The van der Waals surface area contributed by atoms with Gasteiger partial charge in [0.15, 0.2) is 0 Å². The van der Waals surface area contributed by atoms with Gasteiger partial charge in [-0.2, -0.15) is 0 Å². The van der Waals surface area contributed by atoms with Gasteiger partial charge in [-0.05, 0) is 61.7 Å².